The van der Waals surface area contributed by atoms with Gasteiger partial charge in [0.1, 0.15) is 5.01 Å². The minimum absolute atomic E-state index is 0.00344. The molecule has 1 N–H and O–H groups in total. The van der Waals surface area contributed by atoms with Gasteiger partial charge >= 0.3 is 0 Å². The highest BCUT2D eigenvalue weighted by Crippen LogP contribution is 2.28. The van der Waals surface area contributed by atoms with E-state index in [1.807, 2.05) is 41.8 Å². The van der Waals surface area contributed by atoms with Crippen molar-refractivity contribution in [2.45, 2.75) is 6.42 Å². The van der Waals surface area contributed by atoms with Crippen LogP contribution in [0.5, 0.6) is 0 Å². The minimum Gasteiger partial charge on any atom is -0.352 e. The molecule has 0 aliphatic carbocycles. The number of hydrogen-bond acceptors (Lipinski definition) is 4. The van der Waals surface area contributed by atoms with Crippen LogP contribution < -0.4 is 5.32 Å². The Hall–Kier alpha value is -2.79. The van der Waals surface area contributed by atoms with Gasteiger partial charge < -0.3 is 5.32 Å². The quantitative estimate of drug-likeness (QED) is 0.699. The van der Waals surface area contributed by atoms with Crippen molar-refractivity contribution in [1.29, 1.82) is 0 Å². The van der Waals surface area contributed by atoms with Gasteiger partial charge in [-0.25, -0.2) is 4.98 Å². The van der Waals surface area contributed by atoms with E-state index in [-0.39, 0.29) is 5.91 Å². The second-order valence-electron chi connectivity index (χ2n) is 5.24. The van der Waals surface area contributed by atoms with Crippen LogP contribution in [0.25, 0.3) is 21.8 Å². The Labute approximate surface area is 144 Å². The van der Waals surface area contributed by atoms with Crippen molar-refractivity contribution in [2.24, 2.45) is 0 Å². The number of benzene rings is 1. The zero-order valence-electron chi connectivity index (χ0n) is 13.1. The van der Waals surface area contributed by atoms with Crippen LogP contribution in [0.3, 0.4) is 0 Å². The lowest BCUT2D eigenvalue weighted by Gasteiger charge is -2.03. The Bertz CT molecular complexity index is 825. The Morgan fingerprint density at radius 2 is 1.88 bits per heavy atom. The number of carbonyl (C=O) groups excluding carboxylic acids is 1. The molecule has 0 bridgehead atoms. The predicted octanol–water partition coefficient (Wildman–Crippen LogP) is 3.72. The zero-order valence-corrected chi connectivity index (χ0v) is 13.9. The average molecular weight is 335 g/mol. The van der Waals surface area contributed by atoms with E-state index in [1.165, 1.54) is 0 Å². The Morgan fingerprint density at radius 1 is 1.12 bits per heavy atom. The molecular formula is C19H17N3OS. The molecule has 0 aliphatic rings. The summed E-state index contributed by atoms with van der Waals surface area (Å²) in [5.74, 6) is -0.00344. The molecule has 1 amide bonds. The first kappa shape index (κ1) is 16.1. The van der Waals surface area contributed by atoms with Crippen molar-refractivity contribution in [2.75, 3.05) is 6.54 Å². The summed E-state index contributed by atoms with van der Waals surface area (Å²) in [5, 5.41) is 5.79. The van der Waals surface area contributed by atoms with Gasteiger partial charge in [0.05, 0.1) is 12.1 Å². The van der Waals surface area contributed by atoms with Gasteiger partial charge in [-0.15, -0.1) is 17.9 Å². The first-order chi connectivity index (χ1) is 11.8. The van der Waals surface area contributed by atoms with Crippen LogP contribution in [0.1, 0.15) is 5.56 Å². The van der Waals surface area contributed by atoms with Crippen LogP contribution in [0.15, 0.2) is 66.8 Å². The Balaban J connectivity index is 1.71. The lowest BCUT2D eigenvalue weighted by molar-refractivity contribution is -0.120. The molecule has 2 heterocycles. The zero-order chi connectivity index (χ0) is 16.8. The summed E-state index contributed by atoms with van der Waals surface area (Å²) in [7, 11) is 0. The minimum atomic E-state index is -0.00344. The highest BCUT2D eigenvalue weighted by Gasteiger charge is 2.07. The maximum Gasteiger partial charge on any atom is 0.224 e. The van der Waals surface area contributed by atoms with Crippen LogP contribution in [-0.4, -0.2) is 22.4 Å². The summed E-state index contributed by atoms with van der Waals surface area (Å²) >= 11 is 1.61. The van der Waals surface area contributed by atoms with Gasteiger partial charge in [0.15, 0.2) is 0 Å². The summed E-state index contributed by atoms with van der Waals surface area (Å²) in [6.45, 7) is 4.08. The molecule has 1 aromatic carbocycles. The van der Waals surface area contributed by atoms with E-state index >= 15 is 0 Å². The van der Waals surface area contributed by atoms with Crippen molar-refractivity contribution >= 4 is 17.2 Å². The summed E-state index contributed by atoms with van der Waals surface area (Å²) < 4.78 is 0. The Morgan fingerprint density at radius 3 is 2.58 bits per heavy atom. The molecule has 3 rings (SSSR count). The van der Waals surface area contributed by atoms with Crippen LogP contribution in [-0.2, 0) is 11.2 Å². The summed E-state index contributed by atoms with van der Waals surface area (Å²) in [4.78, 5) is 20.4. The molecule has 0 atom stereocenters. The molecule has 0 radical (unpaired) electrons. The number of rotatable bonds is 6. The number of nitrogens with one attached hydrogen (secondary N) is 1. The highest BCUT2D eigenvalue weighted by atomic mass is 32.1. The molecule has 3 aromatic rings. The molecular weight excluding hydrogens is 318 g/mol. The van der Waals surface area contributed by atoms with Crippen LogP contribution >= 0.6 is 11.3 Å². The van der Waals surface area contributed by atoms with Crippen molar-refractivity contribution in [3.8, 4) is 21.8 Å². The van der Waals surface area contributed by atoms with Crippen molar-refractivity contribution in [3.63, 3.8) is 0 Å². The standard InChI is InChI=1S/C19H17N3OS/c1-2-9-21-18(23)12-14-3-5-15(6-4-14)17-13-24-19(22-17)16-7-10-20-11-8-16/h2-8,10-11,13H,1,9,12H2,(H,21,23). The molecule has 5 heteroatoms. The molecule has 0 aliphatic heterocycles. The van der Waals surface area contributed by atoms with E-state index in [2.05, 4.69) is 21.9 Å². The fourth-order valence-corrected chi connectivity index (χ4v) is 3.10. The van der Waals surface area contributed by atoms with Crippen LogP contribution in [0, 0.1) is 0 Å². The Kier molecular flexibility index (Phi) is 5.13. The first-order valence-electron chi connectivity index (χ1n) is 7.59. The molecule has 120 valence electrons. The summed E-state index contributed by atoms with van der Waals surface area (Å²) in [6, 6.07) is 11.8. The van der Waals surface area contributed by atoms with Gasteiger partial charge in [0, 0.05) is 35.4 Å². The third kappa shape index (κ3) is 3.94. The fraction of sp³-hybridized carbons (Fsp3) is 0.105. The number of hydrogen-bond donors (Lipinski definition) is 1. The maximum absolute atomic E-state index is 11.7. The van der Waals surface area contributed by atoms with Crippen LogP contribution in [0.2, 0.25) is 0 Å². The van der Waals surface area contributed by atoms with Gasteiger partial charge in [0.2, 0.25) is 5.91 Å². The molecule has 0 fully saturated rings. The lowest BCUT2D eigenvalue weighted by atomic mass is 10.1. The molecule has 0 spiro atoms. The van der Waals surface area contributed by atoms with Crippen molar-refractivity contribution in [1.82, 2.24) is 15.3 Å². The molecule has 4 nitrogen and oxygen atoms in total. The van der Waals surface area contributed by atoms with E-state index in [0.717, 1.165) is 27.4 Å². The topological polar surface area (TPSA) is 54.9 Å². The smallest absolute Gasteiger partial charge is 0.224 e. The third-order valence-electron chi connectivity index (χ3n) is 3.49. The third-order valence-corrected chi connectivity index (χ3v) is 4.38. The van der Waals surface area contributed by atoms with Gasteiger partial charge in [-0.1, -0.05) is 30.3 Å². The van der Waals surface area contributed by atoms with E-state index in [1.54, 1.807) is 29.8 Å². The fourth-order valence-electron chi connectivity index (χ4n) is 2.26. The van der Waals surface area contributed by atoms with E-state index in [9.17, 15) is 4.79 Å². The van der Waals surface area contributed by atoms with Crippen molar-refractivity contribution in [3.05, 3.63) is 72.4 Å². The highest BCUT2D eigenvalue weighted by molar-refractivity contribution is 7.13. The van der Waals surface area contributed by atoms with Gasteiger partial charge in [-0.05, 0) is 17.7 Å². The van der Waals surface area contributed by atoms with Gasteiger partial charge in [0.25, 0.3) is 0 Å². The SMILES string of the molecule is C=CCNC(=O)Cc1ccc(-c2csc(-c3ccncc3)n2)cc1. The maximum atomic E-state index is 11.7. The molecule has 0 saturated carbocycles. The summed E-state index contributed by atoms with van der Waals surface area (Å²) in [5.41, 5.74) is 4.03. The molecule has 0 unspecified atom stereocenters. The number of carbonyl (C=O) groups is 1. The molecule has 24 heavy (non-hydrogen) atoms. The first-order valence-corrected chi connectivity index (χ1v) is 8.47. The van der Waals surface area contributed by atoms with E-state index < -0.39 is 0 Å². The van der Waals surface area contributed by atoms with E-state index in [4.69, 9.17) is 0 Å². The largest absolute Gasteiger partial charge is 0.352 e. The number of aromatic nitrogens is 2. The summed E-state index contributed by atoms with van der Waals surface area (Å²) in [6.07, 6.45) is 5.57. The van der Waals surface area contributed by atoms with Gasteiger partial charge in [-0.3, -0.25) is 9.78 Å². The lowest BCUT2D eigenvalue weighted by Crippen LogP contribution is -2.24. The predicted molar refractivity (Wildman–Crippen MR) is 97.7 cm³/mol. The van der Waals surface area contributed by atoms with Crippen LogP contribution in [0.4, 0.5) is 0 Å². The average Bonchev–Trinajstić information content (AvgIpc) is 3.11. The van der Waals surface area contributed by atoms with Gasteiger partial charge in [-0.2, -0.15) is 0 Å². The number of amides is 1. The monoisotopic (exact) mass is 335 g/mol. The molecule has 0 saturated heterocycles. The van der Waals surface area contributed by atoms with E-state index in [0.29, 0.717) is 13.0 Å². The normalized spacial score (nSPS) is 10.3. The second-order valence-corrected chi connectivity index (χ2v) is 6.10. The molecule has 2 aromatic heterocycles. The number of nitrogens with zero attached hydrogens (tertiary/aromatic N) is 2. The second kappa shape index (κ2) is 7.66. The number of thiazole rings is 1. The number of pyridine rings is 1. The van der Waals surface area contributed by atoms with Crippen molar-refractivity contribution < 1.29 is 4.79 Å².